The molecule has 0 bridgehead atoms. The van der Waals surface area contributed by atoms with Crippen LogP contribution in [0.15, 0.2) is 53.4 Å². The Bertz CT molecular complexity index is 555. The minimum absolute atomic E-state index is 0.111. The molecule has 92 valence electrons. The molecule has 3 N–H and O–H groups in total. The number of hydrogen-bond donors (Lipinski definition) is 2. The largest absolute Gasteiger partial charge is 0.384 e. The number of nitrogens with two attached hydrogens (primary N) is 1. The summed E-state index contributed by atoms with van der Waals surface area (Å²) in [5.74, 6) is 0.189. The molecule has 2 aromatic carbocycles. The highest BCUT2D eigenvalue weighted by molar-refractivity contribution is 7.98. The van der Waals surface area contributed by atoms with E-state index in [0.717, 1.165) is 10.5 Å². The fourth-order valence-electron chi connectivity index (χ4n) is 1.57. The number of hydrogen-bond acceptors (Lipinski definition) is 2. The lowest BCUT2D eigenvalue weighted by atomic mass is 10.1. The molecular formula is C14H13FN2S. The smallest absolute Gasteiger partial charge is 0.124 e. The highest BCUT2D eigenvalue weighted by atomic mass is 32.2. The van der Waals surface area contributed by atoms with Crippen molar-refractivity contribution in [2.45, 2.75) is 10.6 Å². The second-order valence-electron chi connectivity index (χ2n) is 3.86. The predicted octanol–water partition coefficient (Wildman–Crippen LogP) is 3.40. The summed E-state index contributed by atoms with van der Waals surface area (Å²) in [4.78, 5) is 1.13. The SMILES string of the molecule is N=C(N)c1cc(F)cc(CSc2ccccc2)c1. The van der Waals surface area contributed by atoms with Crippen LogP contribution in [0.5, 0.6) is 0 Å². The van der Waals surface area contributed by atoms with Crippen molar-refractivity contribution in [1.29, 1.82) is 5.41 Å². The molecule has 0 heterocycles. The molecule has 0 atom stereocenters. The Morgan fingerprint density at radius 2 is 1.89 bits per heavy atom. The quantitative estimate of drug-likeness (QED) is 0.503. The summed E-state index contributed by atoms with van der Waals surface area (Å²) in [7, 11) is 0. The molecule has 2 aromatic rings. The first-order valence-electron chi connectivity index (χ1n) is 5.47. The Kier molecular flexibility index (Phi) is 3.99. The van der Waals surface area contributed by atoms with Crippen LogP contribution in [0.1, 0.15) is 11.1 Å². The van der Waals surface area contributed by atoms with Gasteiger partial charge in [0.05, 0.1) is 0 Å². The fraction of sp³-hybridized carbons (Fsp3) is 0.0714. The molecule has 0 radical (unpaired) electrons. The van der Waals surface area contributed by atoms with Crippen molar-refractivity contribution in [3.8, 4) is 0 Å². The van der Waals surface area contributed by atoms with Crippen molar-refractivity contribution in [1.82, 2.24) is 0 Å². The summed E-state index contributed by atoms with van der Waals surface area (Å²) < 4.78 is 13.4. The van der Waals surface area contributed by atoms with Gasteiger partial charge in [0, 0.05) is 16.2 Å². The van der Waals surface area contributed by atoms with Crippen LogP contribution in [0.25, 0.3) is 0 Å². The number of nitrogen functional groups attached to an aromatic ring is 1. The molecule has 0 spiro atoms. The normalized spacial score (nSPS) is 10.3. The first kappa shape index (κ1) is 12.6. The Morgan fingerprint density at radius 1 is 1.17 bits per heavy atom. The lowest BCUT2D eigenvalue weighted by molar-refractivity contribution is 0.626. The summed E-state index contributed by atoms with van der Waals surface area (Å²) in [5, 5.41) is 7.33. The molecule has 0 saturated carbocycles. The zero-order chi connectivity index (χ0) is 13.0. The highest BCUT2D eigenvalue weighted by Crippen LogP contribution is 2.23. The van der Waals surface area contributed by atoms with E-state index >= 15 is 0 Å². The molecule has 18 heavy (non-hydrogen) atoms. The van der Waals surface area contributed by atoms with Gasteiger partial charge in [-0.15, -0.1) is 11.8 Å². The molecule has 2 rings (SSSR count). The molecule has 0 saturated heterocycles. The maximum absolute atomic E-state index is 13.4. The van der Waals surface area contributed by atoms with Gasteiger partial charge < -0.3 is 5.73 Å². The Hall–Kier alpha value is -1.81. The molecule has 0 unspecified atom stereocenters. The Labute approximate surface area is 110 Å². The van der Waals surface area contributed by atoms with Gasteiger partial charge in [0.2, 0.25) is 0 Å². The molecule has 2 nitrogen and oxygen atoms in total. The first-order chi connectivity index (χ1) is 8.65. The molecule has 0 amide bonds. The van der Waals surface area contributed by atoms with Crippen molar-refractivity contribution in [2.24, 2.45) is 5.73 Å². The van der Waals surface area contributed by atoms with E-state index in [1.54, 1.807) is 17.8 Å². The van der Waals surface area contributed by atoms with Crippen LogP contribution in [0.2, 0.25) is 0 Å². The van der Waals surface area contributed by atoms with Crippen LogP contribution in [-0.2, 0) is 5.75 Å². The highest BCUT2D eigenvalue weighted by Gasteiger charge is 2.04. The van der Waals surface area contributed by atoms with Gasteiger partial charge in [-0.1, -0.05) is 18.2 Å². The van der Waals surface area contributed by atoms with E-state index in [9.17, 15) is 4.39 Å². The fourth-order valence-corrected chi connectivity index (χ4v) is 2.42. The van der Waals surface area contributed by atoms with Crippen LogP contribution < -0.4 is 5.73 Å². The van der Waals surface area contributed by atoms with E-state index in [2.05, 4.69) is 0 Å². The van der Waals surface area contributed by atoms with Crippen molar-refractivity contribution >= 4 is 17.6 Å². The first-order valence-corrected chi connectivity index (χ1v) is 6.45. The van der Waals surface area contributed by atoms with Gasteiger partial charge in [0.1, 0.15) is 11.7 Å². The second kappa shape index (κ2) is 5.69. The molecular weight excluding hydrogens is 247 g/mol. The minimum Gasteiger partial charge on any atom is -0.384 e. The number of halogens is 1. The average Bonchev–Trinajstić information content (AvgIpc) is 2.37. The van der Waals surface area contributed by atoms with E-state index < -0.39 is 0 Å². The third kappa shape index (κ3) is 3.34. The third-order valence-corrected chi connectivity index (χ3v) is 3.50. The van der Waals surface area contributed by atoms with Crippen molar-refractivity contribution in [3.05, 3.63) is 65.5 Å². The molecule has 0 aliphatic heterocycles. The lowest BCUT2D eigenvalue weighted by Gasteiger charge is -2.05. The second-order valence-corrected chi connectivity index (χ2v) is 4.91. The molecule has 0 aliphatic rings. The van der Waals surface area contributed by atoms with Crippen LogP contribution in [0.3, 0.4) is 0 Å². The number of benzene rings is 2. The van der Waals surface area contributed by atoms with Gasteiger partial charge in [0.25, 0.3) is 0 Å². The average molecular weight is 260 g/mol. The van der Waals surface area contributed by atoms with Crippen LogP contribution in [-0.4, -0.2) is 5.84 Å². The van der Waals surface area contributed by atoms with Gasteiger partial charge >= 0.3 is 0 Å². The molecule has 0 aliphatic carbocycles. The van der Waals surface area contributed by atoms with Crippen LogP contribution >= 0.6 is 11.8 Å². The van der Waals surface area contributed by atoms with E-state index in [1.807, 2.05) is 30.3 Å². The van der Waals surface area contributed by atoms with E-state index in [0.29, 0.717) is 11.3 Å². The van der Waals surface area contributed by atoms with Gasteiger partial charge in [0.15, 0.2) is 0 Å². The standard InChI is InChI=1S/C14H13FN2S/c15-12-7-10(6-11(8-12)14(16)17)9-18-13-4-2-1-3-5-13/h1-8H,9H2,(H3,16,17). The topological polar surface area (TPSA) is 49.9 Å². The zero-order valence-corrected chi connectivity index (χ0v) is 10.5. The number of nitrogens with one attached hydrogen (secondary N) is 1. The predicted molar refractivity (Wildman–Crippen MR) is 73.4 cm³/mol. The van der Waals surface area contributed by atoms with Crippen molar-refractivity contribution < 1.29 is 4.39 Å². The molecule has 0 fully saturated rings. The van der Waals surface area contributed by atoms with E-state index in [1.165, 1.54) is 12.1 Å². The van der Waals surface area contributed by atoms with Crippen LogP contribution in [0.4, 0.5) is 4.39 Å². The monoisotopic (exact) mass is 260 g/mol. The maximum Gasteiger partial charge on any atom is 0.124 e. The molecule has 4 heteroatoms. The van der Waals surface area contributed by atoms with Crippen LogP contribution in [0, 0.1) is 11.2 Å². The number of thioether (sulfide) groups is 1. The minimum atomic E-state index is -0.355. The number of amidine groups is 1. The summed E-state index contributed by atoms with van der Waals surface area (Å²) >= 11 is 1.62. The lowest BCUT2D eigenvalue weighted by Crippen LogP contribution is -2.11. The molecule has 0 aromatic heterocycles. The maximum atomic E-state index is 13.4. The van der Waals surface area contributed by atoms with Gasteiger partial charge in [-0.2, -0.15) is 0 Å². The van der Waals surface area contributed by atoms with E-state index in [-0.39, 0.29) is 11.7 Å². The number of rotatable bonds is 4. The Morgan fingerprint density at radius 3 is 2.56 bits per heavy atom. The van der Waals surface area contributed by atoms with Crippen molar-refractivity contribution in [2.75, 3.05) is 0 Å². The Balaban J connectivity index is 2.12. The van der Waals surface area contributed by atoms with Gasteiger partial charge in [-0.05, 0) is 35.9 Å². The van der Waals surface area contributed by atoms with Gasteiger partial charge in [-0.3, -0.25) is 5.41 Å². The summed E-state index contributed by atoms with van der Waals surface area (Å²) in [6.07, 6.45) is 0. The zero-order valence-electron chi connectivity index (χ0n) is 9.69. The summed E-state index contributed by atoms with van der Waals surface area (Å²) in [5.41, 5.74) is 6.63. The summed E-state index contributed by atoms with van der Waals surface area (Å²) in [6.45, 7) is 0. The summed E-state index contributed by atoms with van der Waals surface area (Å²) in [6, 6.07) is 14.4. The van der Waals surface area contributed by atoms with E-state index in [4.69, 9.17) is 11.1 Å². The third-order valence-electron chi connectivity index (χ3n) is 2.42. The van der Waals surface area contributed by atoms with Gasteiger partial charge in [-0.25, -0.2) is 4.39 Å². The van der Waals surface area contributed by atoms with Crippen molar-refractivity contribution in [3.63, 3.8) is 0 Å².